The van der Waals surface area contributed by atoms with Crippen LogP contribution in [0.15, 0.2) is 18.2 Å². The minimum absolute atomic E-state index is 0.131. The molecule has 0 bridgehead atoms. The van der Waals surface area contributed by atoms with E-state index >= 15 is 0 Å². The molecule has 0 unspecified atom stereocenters. The van der Waals surface area contributed by atoms with E-state index < -0.39 is 5.41 Å². The molecule has 22 heavy (non-hydrogen) atoms. The molecule has 1 aromatic carbocycles. The third-order valence-corrected chi connectivity index (χ3v) is 2.88. The fourth-order valence-corrected chi connectivity index (χ4v) is 1.73. The molecule has 2 rings (SSSR count). The number of carbonyl (C=O) groups excluding carboxylic acids is 2. The molecular weight excluding hydrogens is 508 g/mol. The summed E-state index contributed by atoms with van der Waals surface area (Å²) in [7, 11) is 0. The summed E-state index contributed by atoms with van der Waals surface area (Å²) in [5.74, 6) is 0.880. The predicted octanol–water partition coefficient (Wildman–Crippen LogP) is 4.51. The highest BCUT2D eigenvalue weighted by molar-refractivity contribution is 15.0. The van der Waals surface area contributed by atoms with Crippen LogP contribution in [0.1, 0.15) is 37.0 Å². The second-order valence-electron chi connectivity index (χ2n) is 5.72. The normalized spacial score (nSPS) is 10.6. The number of nitrogens with zero attached hydrogens (tertiary/aromatic N) is 2. The summed E-state index contributed by atoms with van der Waals surface area (Å²) in [5.41, 5.74) is 0.705. The SMILES string of the molecule is Cc1nc(NC(=O)C(C)(C)C)c2cc(C=O)ccc2n1.II. The summed E-state index contributed by atoms with van der Waals surface area (Å²) in [6.45, 7) is 7.25. The summed E-state index contributed by atoms with van der Waals surface area (Å²) in [5, 5.41) is 3.48. The number of carbonyl (C=O) groups is 2. The minimum Gasteiger partial charge on any atom is -0.310 e. The van der Waals surface area contributed by atoms with Gasteiger partial charge < -0.3 is 5.32 Å². The van der Waals surface area contributed by atoms with Crippen molar-refractivity contribution >= 4 is 66.1 Å². The van der Waals surface area contributed by atoms with E-state index in [2.05, 4.69) is 52.5 Å². The molecule has 118 valence electrons. The molecule has 0 fully saturated rings. The van der Waals surface area contributed by atoms with Crippen LogP contribution in [0.5, 0.6) is 0 Å². The van der Waals surface area contributed by atoms with Crippen LogP contribution in [-0.2, 0) is 4.79 Å². The number of aryl methyl sites for hydroxylation is 1. The molecule has 1 aromatic heterocycles. The fraction of sp³-hybridized carbons (Fsp3) is 0.333. The molecule has 0 aliphatic rings. The summed E-state index contributed by atoms with van der Waals surface area (Å²) in [6.07, 6.45) is 0.759. The molecule has 0 aliphatic heterocycles. The maximum absolute atomic E-state index is 12.1. The first-order valence-electron chi connectivity index (χ1n) is 6.50. The van der Waals surface area contributed by atoms with Crippen molar-refractivity contribution in [2.75, 3.05) is 5.32 Å². The van der Waals surface area contributed by atoms with Crippen LogP contribution in [0.4, 0.5) is 5.82 Å². The Morgan fingerprint density at radius 3 is 2.41 bits per heavy atom. The van der Waals surface area contributed by atoms with E-state index in [1.165, 1.54) is 0 Å². The Balaban J connectivity index is 0.00000116. The van der Waals surface area contributed by atoms with Gasteiger partial charge in [-0.25, -0.2) is 9.97 Å². The van der Waals surface area contributed by atoms with Crippen molar-refractivity contribution in [1.82, 2.24) is 9.97 Å². The van der Waals surface area contributed by atoms with Crippen molar-refractivity contribution in [3.8, 4) is 0 Å². The number of amides is 1. The Hall–Kier alpha value is -0.840. The monoisotopic (exact) mass is 525 g/mol. The lowest BCUT2D eigenvalue weighted by Crippen LogP contribution is -2.28. The Kier molecular flexibility index (Phi) is 7.10. The first-order valence-corrected chi connectivity index (χ1v) is 12.8. The first-order chi connectivity index (χ1) is 10.3. The smallest absolute Gasteiger partial charge is 0.230 e. The molecule has 0 radical (unpaired) electrons. The number of aromatic nitrogens is 2. The molecule has 0 atom stereocenters. The molecule has 5 nitrogen and oxygen atoms in total. The number of aldehydes is 1. The number of hydrogen-bond donors (Lipinski definition) is 1. The molecular formula is C15H17I2N3O2. The van der Waals surface area contributed by atoms with Gasteiger partial charge in [0.05, 0.1) is 5.52 Å². The van der Waals surface area contributed by atoms with E-state index in [0.29, 0.717) is 28.1 Å². The highest BCUT2D eigenvalue weighted by atomic mass is 128. The van der Waals surface area contributed by atoms with Gasteiger partial charge in [-0.15, -0.1) is 0 Å². The molecule has 0 saturated carbocycles. The van der Waals surface area contributed by atoms with E-state index in [9.17, 15) is 9.59 Å². The second-order valence-corrected chi connectivity index (χ2v) is 5.72. The number of rotatable bonds is 2. The maximum atomic E-state index is 12.1. The number of anilines is 1. The van der Waals surface area contributed by atoms with E-state index in [0.717, 1.165) is 6.29 Å². The molecule has 0 spiro atoms. The fourth-order valence-electron chi connectivity index (χ4n) is 1.73. The van der Waals surface area contributed by atoms with Gasteiger partial charge in [-0.1, -0.05) is 20.8 Å². The predicted molar refractivity (Wildman–Crippen MR) is 106 cm³/mol. The zero-order chi connectivity index (χ0) is 16.9. The Morgan fingerprint density at radius 1 is 1.23 bits per heavy atom. The Labute approximate surface area is 153 Å². The quantitative estimate of drug-likeness (QED) is 0.463. The number of benzene rings is 1. The van der Waals surface area contributed by atoms with Gasteiger partial charge in [0.1, 0.15) is 17.9 Å². The summed E-state index contributed by atoms with van der Waals surface area (Å²) < 4.78 is 0. The lowest BCUT2D eigenvalue weighted by molar-refractivity contribution is -0.123. The topological polar surface area (TPSA) is 72.0 Å². The van der Waals surface area contributed by atoms with Crippen LogP contribution in [0.3, 0.4) is 0 Å². The van der Waals surface area contributed by atoms with E-state index in [4.69, 9.17) is 0 Å². The van der Waals surface area contributed by atoms with Crippen molar-refractivity contribution < 1.29 is 9.59 Å². The lowest BCUT2D eigenvalue weighted by Gasteiger charge is -2.18. The first kappa shape index (κ1) is 19.2. The lowest BCUT2D eigenvalue weighted by atomic mass is 9.95. The third kappa shape index (κ3) is 4.83. The Morgan fingerprint density at radius 2 is 1.86 bits per heavy atom. The number of halogens is 2. The molecule has 0 saturated heterocycles. The number of hydrogen-bond acceptors (Lipinski definition) is 4. The van der Waals surface area contributed by atoms with E-state index in [1.807, 2.05) is 20.8 Å². The molecule has 0 aliphatic carbocycles. The zero-order valence-corrected chi connectivity index (χ0v) is 17.1. The summed E-state index contributed by atoms with van der Waals surface area (Å²) in [6, 6.07) is 5.12. The van der Waals surface area contributed by atoms with Gasteiger partial charge in [-0.05, 0) is 25.1 Å². The van der Waals surface area contributed by atoms with Crippen LogP contribution < -0.4 is 5.32 Å². The van der Waals surface area contributed by atoms with Gasteiger partial charge in [0.15, 0.2) is 0 Å². The third-order valence-electron chi connectivity index (χ3n) is 2.88. The highest BCUT2D eigenvalue weighted by Crippen LogP contribution is 2.24. The highest BCUT2D eigenvalue weighted by Gasteiger charge is 2.22. The molecule has 1 heterocycles. The van der Waals surface area contributed by atoms with Crippen molar-refractivity contribution in [1.29, 1.82) is 0 Å². The van der Waals surface area contributed by atoms with Gasteiger partial charge >= 0.3 is 0 Å². The zero-order valence-electron chi connectivity index (χ0n) is 12.8. The molecule has 1 amide bonds. The Bertz CT molecular complexity index is 697. The van der Waals surface area contributed by atoms with Crippen molar-refractivity contribution in [3.63, 3.8) is 0 Å². The van der Waals surface area contributed by atoms with Crippen LogP contribution in [-0.4, -0.2) is 22.2 Å². The van der Waals surface area contributed by atoms with Crippen LogP contribution in [0.2, 0.25) is 0 Å². The largest absolute Gasteiger partial charge is 0.310 e. The number of fused-ring (bicyclic) bond motifs is 1. The minimum atomic E-state index is -0.520. The van der Waals surface area contributed by atoms with Crippen molar-refractivity contribution in [2.24, 2.45) is 5.41 Å². The van der Waals surface area contributed by atoms with E-state index in [-0.39, 0.29) is 5.91 Å². The van der Waals surface area contributed by atoms with Crippen LogP contribution in [0.25, 0.3) is 10.9 Å². The van der Waals surface area contributed by atoms with Gasteiger partial charge in [0.2, 0.25) is 5.91 Å². The standard InChI is InChI=1S/C15H17N3O2.I2/c1-9-16-12-6-5-10(8-19)7-11(12)13(17-9)18-14(20)15(2,3)4;1-2/h5-8H,1-4H3,(H,16,17,18,20);. The van der Waals surface area contributed by atoms with Crippen LogP contribution >= 0.6 is 37.2 Å². The average molecular weight is 525 g/mol. The van der Waals surface area contributed by atoms with Crippen molar-refractivity contribution in [2.45, 2.75) is 27.7 Å². The molecule has 7 heteroatoms. The second kappa shape index (κ2) is 8.14. The van der Waals surface area contributed by atoms with Gasteiger partial charge in [-0.3, -0.25) is 9.59 Å². The molecule has 1 N–H and O–H groups in total. The maximum Gasteiger partial charge on any atom is 0.230 e. The average Bonchev–Trinajstić information content (AvgIpc) is 2.47. The number of nitrogens with one attached hydrogen (secondary N) is 1. The summed E-state index contributed by atoms with van der Waals surface area (Å²) >= 11 is 4.24. The van der Waals surface area contributed by atoms with Crippen molar-refractivity contribution in [3.05, 3.63) is 29.6 Å². The van der Waals surface area contributed by atoms with E-state index in [1.54, 1.807) is 25.1 Å². The van der Waals surface area contributed by atoms with Gasteiger partial charge in [0, 0.05) is 53.6 Å². The molecule has 2 aromatic rings. The van der Waals surface area contributed by atoms with Gasteiger partial charge in [0.25, 0.3) is 0 Å². The van der Waals surface area contributed by atoms with Crippen LogP contribution in [0, 0.1) is 12.3 Å². The summed E-state index contributed by atoms with van der Waals surface area (Å²) in [4.78, 5) is 31.6. The van der Waals surface area contributed by atoms with Gasteiger partial charge in [-0.2, -0.15) is 0 Å².